The van der Waals surface area contributed by atoms with Crippen molar-refractivity contribution in [2.24, 2.45) is 0 Å². The number of fused-ring (bicyclic) bond motifs is 2. The van der Waals surface area contributed by atoms with Crippen LogP contribution >= 0.6 is 0 Å². The van der Waals surface area contributed by atoms with Crippen LogP contribution in [0.2, 0.25) is 0 Å². The van der Waals surface area contributed by atoms with Gasteiger partial charge in [-0.15, -0.1) is 0 Å². The lowest BCUT2D eigenvalue weighted by atomic mass is 9.98. The molecule has 1 aliphatic heterocycles. The molecule has 0 unspecified atom stereocenters. The summed E-state index contributed by atoms with van der Waals surface area (Å²) in [6.45, 7) is 9.80. The molecule has 10 heteroatoms. The van der Waals surface area contributed by atoms with E-state index >= 15 is 0 Å². The van der Waals surface area contributed by atoms with Gasteiger partial charge in [0.2, 0.25) is 0 Å². The number of hydrogen-bond acceptors (Lipinski definition) is 6. The minimum absolute atomic E-state index is 0.0590. The Morgan fingerprint density at radius 1 is 1.22 bits per heavy atom. The van der Waals surface area contributed by atoms with Crippen LogP contribution in [0.1, 0.15) is 52.3 Å². The van der Waals surface area contributed by atoms with Gasteiger partial charge in [0.25, 0.3) is 5.56 Å². The molecule has 0 saturated carbocycles. The van der Waals surface area contributed by atoms with Crippen molar-refractivity contribution in [2.45, 2.75) is 65.1 Å². The Morgan fingerprint density at radius 2 is 2.00 bits per heavy atom. The van der Waals surface area contributed by atoms with Gasteiger partial charge in [-0.25, -0.2) is 24.1 Å². The first-order chi connectivity index (χ1) is 17.0. The van der Waals surface area contributed by atoms with Crippen molar-refractivity contribution in [3.8, 4) is 11.4 Å². The molecular formula is C26H29FN6O3. The van der Waals surface area contributed by atoms with Gasteiger partial charge in [-0.2, -0.15) is 0 Å². The number of amides is 1. The lowest BCUT2D eigenvalue weighted by molar-refractivity contribution is 0.00773. The summed E-state index contributed by atoms with van der Waals surface area (Å²) < 4.78 is 23.4. The second kappa shape index (κ2) is 8.69. The molecule has 0 aliphatic carbocycles. The number of aromatic nitrogens is 5. The monoisotopic (exact) mass is 492 g/mol. The molecule has 5 rings (SSSR count). The van der Waals surface area contributed by atoms with Crippen molar-refractivity contribution in [1.29, 1.82) is 0 Å². The van der Waals surface area contributed by atoms with Crippen LogP contribution in [-0.2, 0) is 4.74 Å². The number of piperidine rings is 1. The Kier molecular flexibility index (Phi) is 5.77. The first kappa shape index (κ1) is 23.9. The van der Waals surface area contributed by atoms with E-state index in [1.54, 1.807) is 45.4 Å². The number of nitrogens with zero attached hydrogens (tertiary/aromatic N) is 6. The van der Waals surface area contributed by atoms with Crippen LogP contribution < -0.4 is 5.56 Å². The number of likely N-dealkylation sites (tertiary alicyclic amines) is 1. The number of hydrogen-bond donors (Lipinski definition) is 0. The van der Waals surface area contributed by atoms with E-state index in [4.69, 9.17) is 4.74 Å². The van der Waals surface area contributed by atoms with Crippen LogP contribution in [0.25, 0.3) is 27.9 Å². The molecule has 0 radical (unpaired) electrons. The quantitative estimate of drug-likeness (QED) is 0.409. The van der Waals surface area contributed by atoms with Crippen LogP contribution in [-0.4, -0.2) is 53.1 Å². The summed E-state index contributed by atoms with van der Waals surface area (Å²) in [6, 6.07) is 3.00. The Bertz CT molecular complexity index is 1540. The van der Waals surface area contributed by atoms with Crippen LogP contribution in [0.5, 0.6) is 0 Å². The fourth-order valence-corrected chi connectivity index (χ4v) is 4.76. The molecule has 0 spiro atoms. The number of halogens is 1. The predicted molar refractivity (Wildman–Crippen MR) is 133 cm³/mol. The fourth-order valence-electron chi connectivity index (χ4n) is 4.76. The maximum absolute atomic E-state index is 14.5. The topological polar surface area (TPSA) is 94.6 Å². The standard InChI is InChI=1S/C26H29FN6O3/c1-15-13-31-14-17(11-20(27)23(31)29-15)22-28-12-19-21(30-22)7-9-33(24(19)34)18-6-8-32(16(2)10-18)25(35)36-26(3,4)5/h7,9,11-14,16,18H,6,8,10H2,1-5H3/t16-,18+/m1/s1. The van der Waals surface area contributed by atoms with Gasteiger partial charge in [0.15, 0.2) is 17.3 Å². The summed E-state index contributed by atoms with van der Waals surface area (Å²) >= 11 is 0. The molecule has 1 saturated heterocycles. The third-order valence-electron chi connectivity index (χ3n) is 6.43. The number of carbonyl (C=O) groups excluding carboxylic acids is 1. The van der Waals surface area contributed by atoms with E-state index in [1.165, 1.54) is 12.3 Å². The van der Waals surface area contributed by atoms with Gasteiger partial charge in [-0.05, 0) is 59.6 Å². The second-order valence-corrected chi connectivity index (χ2v) is 10.4. The molecule has 1 amide bonds. The number of imidazole rings is 1. The van der Waals surface area contributed by atoms with Crippen LogP contribution in [0.3, 0.4) is 0 Å². The van der Waals surface area contributed by atoms with Crippen molar-refractivity contribution in [3.63, 3.8) is 0 Å². The van der Waals surface area contributed by atoms with Gasteiger partial charge >= 0.3 is 6.09 Å². The van der Waals surface area contributed by atoms with E-state index in [0.29, 0.717) is 47.4 Å². The summed E-state index contributed by atoms with van der Waals surface area (Å²) in [5, 5.41) is 0.392. The summed E-state index contributed by atoms with van der Waals surface area (Å²) in [7, 11) is 0. The molecule has 188 valence electrons. The SMILES string of the molecule is Cc1cn2cc(-c3ncc4c(=O)n([C@H]5CCN(C(=O)OC(C)(C)C)[C@H](C)C5)ccc4n3)cc(F)c2n1. The molecule has 36 heavy (non-hydrogen) atoms. The minimum atomic E-state index is -0.559. The van der Waals surface area contributed by atoms with Crippen molar-refractivity contribution < 1.29 is 13.9 Å². The molecule has 4 aromatic rings. The van der Waals surface area contributed by atoms with Crippen molar-refractivity contribution in [2.75, 3.05) is 6.54 Å². The minimum Gasteiger partial charge on any atom is -0.444 e. The lowest BCUT2D eigenvalue weighted by Gasteiger charge is -2.38. The van der Waals surface area contributed by atoms with Gasteiger partial charge < -0.3 is 18.6 Å². The zero-order valence-electron chi connectivity index (χ0n) is 21.0. The van der Waals surface area contributed by atoms with Gasteiger partial charge in [0, 0.05) is 49.0 Å². The van der Waals surface area contributed by atoms with E-state index in [1.807, 2.05) is 27.7 Å². The maximum atomic E-state index is 14.5. The highest BCUT2D eigenvalue weighted by atomic mass is 19.1. The van der Waals surface area contributed by atoms with Crippen LogP contribution in [0.4, 0.5) is 9.18 Å². The molecule has 0 aromatic carbocycles. The highest BCUT2D eigenvalue weighted by Gasteiger charge is 2.33. The normalized spacial score (nSPS) is 18.7. The molecule has 5 heterocycles. The van der Waals surface area contributed by atoms with Crippen molar-refractivity contribution in [1.82, 2.24) is 28.8 Å². The molecule has 1 aliphatic rings. The third kappa shape index (κ3) is 4.43. The molecule has 1 fully saturated rings. The zero-order chi connectivity index (χ0) is 25.8. The summed E-state index contributed by atoms with van der Waals surface area (Å²) in [5.74, 6) is -0.141. The number of ether oxygens (including phenoxy) is 1. The molecule has 0 bridgehead atoms. The van der Waals surface area contributed by atoms with Crippen LogP contribution in [0.15, 0.2) is 41.7 Å². The molecular weight excluding hydrogens is 463 g/mol. The highest BCUT2D eigenvalue weighted by molar-refractivity contribution is 5.78. The Balaban J connectivity index is 1.41. The number of carbonyl (C=O) groups is 1. The van der Waals surface area contributed by atoms with Crippen LogP contribution in [0, 0.1) is 12.7 Å². The molecule has 2 atom stereocenters. The van der Waals surface area contributed by atoms with E-state index in [2.05, 4.69) is 15.0 Å². The molecule has 0 N–H and O–H groups in total. The summed E-state index contributed by atoms with van der Waals surface area (Å²) in [4.78, 5) is 40.7. The number of rotatable bonds is 2. The van der Waals surface area contributed by atoms with E-state index in [-0.39, 0.29) is 29.4 Å². The largest absolute Gasteiger partial charge is 0.444 e. The average molecular weight is 493 g/mol. The summed E-state index contributed by atoms with van der Waals surface area (Å²) in [5.41, 5.74) is 1.18. The number of pyridine rings is 2. The molecule has 4 aromatic heterocycles. The van der Waals surface area contributed by atoms with Gasteiger partial charge in [0.1, 0.15) is 5.60 Å². The van der Waals surface area contributed by atoms with Crippen molar-refractivity contribution in [3.05, 3.63) is 58.8 Å². The fraction of sp³-hybridized carbons (Fsp3) is 0.423. The first-order valence-electron chi connectivity index (χ1n) is 12.0. The smallest absolute Gasteiger partial charge is 0.410 e. The Morgan fingerprint density at radius 3 is 2.72 bits per heavy atom. The predicted octanol–water partition coefficient (Wildman–Crippen LogP) is 4.51. The van der Waals surface area contributed by atoms with Gasteiger partial charge in [0.05, 0.1) is 16.6 Å². The maximum Gasteiger partial charge on any atom is 0.410 e. The summed E-state index contributed by atoms with van der Waals surface area (Å²) in [6.07, 6.45) is 7.63. The molecule has 9 nitrogen and oxygen atoms in total. The first-order valence-corrected chi connectivity index (χ1v) is 12.0. The lowest BCUT2D eigenvalue weighted by Crippen LogP contribution is -2.47. The Labute approximate surface area is 207 Å². The number of aryl methyl sites for hydroxylation is 1. The van der Waals surface area contributed by atoms with E-state index in [0.717, 1.165) is 0 Å². The Hall–Kier alpha value is -3.82. The van der Waals surface area contributed by atoms with Gasteiger partial charge in [-0.3, -0.25) is 4.79 Å². The highest BCUT2D eigenvalue weighted by Crippen LogP contribution is 2.28. The van der Waals surface area contributed by atoms with E-state index in [9.17, 15) is 14.0 Å². The third-order valence-corrected chi connectivity index (χ3v) is 6.43. The average Bonchev–Trinajstić information content (AvgIpc) is 3.18. The van der Waals surface area contributed by atoms with E-state index < -0.39 is 11.4 Å². The zero-order valence-corrected chi connectivity index (χ0v) is 21.0. The second-order valence-electron chi connectivity index (χ2n) is 10.4. The van der Waals surface area contributed by atoms with Crippen molar-refractivity contribution >= 4 is 22.6 Å². The van der Waals surface area contributed by atoms with Gasteiger partial charge in [-0.1, -0.05) is 0 Å².